The minimum atomic E-state index is -0.256. The van der Waals surface area contributed by atoms with Gasteiger partial charge in [-0.15, -0.1) is 0 Å². The van der Waals surface area contributed by atoms with E-state index < -0.39 is 0 Å². The number of nitrogens with zero attached hydrogens (tertiary/aromatic N) is 3. The van der Waals surface area contributed by atoms with Gasteiger partial charge in [-0.3, -0.25) is 14.8 Å². The van der Waals surface area contributed by atoms with Crippen LogP contribution in [0.2, 0.25) is 0 Å². The molecule has 2 heterocycles. The van der Waals surface area contributed by atoms with E-state index in [0.29, 0.717) is 16.7 Å². The van der Waals surface area contributed by atoms with Crippen LogP contribution in [0.5, 0.6) is 11.8 Å². The van der Waals surface area contributed by atoms with Crippen LogP contribution in [0.15, 0.2) is 71.8 Å². The average molecular weight is 358 g/mol. The van der Waals surface area contributed by atoms with Crippen molar-refractivity contribution >= 4 is 22.3 Å². The molecule has 0 aliphatic carbocycles. The summed E-state index contributed by atoms with van der Waals surface area (Å²) in [7, 11) is 2.01. The number of anilines is 2. The zero-order valence-electron chi connectivity index (χ0n) is 15.0. The Labute approximate surface area is 156 Å². The topological polar surface area (TPSA) is 71.1 Å². The fourth-order valence-corrected chi connectivity index (χ4v) is 2.78. The van der Waals surface area contributed by atoms with Crippen LogP contribution in [0.1, 0.15) is 5.56 Å². The van der Waals surface area contributed by atoms with Gasteiger partial charge in [0.2, 0.25) is 0 Å². The Morgan fingerprint density at radius 1 is 0.963 bits per heavy atom. The lowest BCUT2D eigenvalue weighted by molar-refractivity contribution is 0.443. The molecule has 4 aromatic rings. The minimum absolute atomic E-state index is 0.139. The number of fused-ring (bicyclic) bond motifs is 1. The maximum absolute atomic E-state index is 12.1. The third-order valence-corrected chi connectivity index (χ3v) is 4.35. The summed E-state index contributed by atoms with van der Waals surface area (Å²) in [4.78, 5) is 25.1. The lowest BCUT2D eigenvalue weighted by atomic mass is 10.2. The zero-order chi connectivity index (χ0) is 18.8. The van der Waals surface area contributed by atoms with E-state index in [9.17, 15) is 4.79 Å². The molecule has 0 aliphatic heterocycles. The van der Waals surface area contributed by atoms with Crippen LogP contribution >= 0.6 is 0 Å². The third kappa shape index (κ3) is 3.50. The Balaban J connectivity index is 1.56. The summed E-state index contributed by atoms with van der Waals surface area (Å²) in [6.07, 6.45) is 3.10. The highest BCUT2D eigenvalue weighted by atomic mass is 16.5. The molecule has 4 rings (SSSR count). The molecule has 0 fully saturated rings. The van der Waals surface area contributed by atoms with Crippen LogP contribution in [-0.2, 0) is 0 Å². The van der Waals surface area contributed by atoms with Gasteiger partial charge in [-0.2, -0.15) is 4.98 Å². The van der Waals surface area contributed by atoms with Gasteiger partial charge in [0, 0.05) is 24.6 Å². The number of benzene rings is 2. The number of pyridine rings is 1. The van der Waals surface area contributed by atoms with Crippen molar-refractivity contribution in [1.29, 1.82) is 0 Å². The fraction of sp³-hybridized carbons (Fsp3) is 0.0952. The molecule has 134 valence electrons. The van der Waals surface area contributed by atoms with E-state index in [4.69, 9.17) is 4.74 Å². The van der Waals surface area contributed by atoms with E-state index in [1.807, 2.05) is 31.3 Å². The molecule has 2 aromatic carbocycles. The number of H-pyrrole nitrogens is 1. The smallest absolute Gasteiger partial charge is 0.302 e. The monoisotopic (exact) mass is 358 g/mol. The van der Waals surface area contributed by atoms with Crippen molar-refractivity contribution in [3.8, 4) is 11.8 Å². The molecule has 0 saturated heterocycles. The summed E-state index contributed by atoms with van der Waals surface area (Å²) in [5.74, 6) is 0.586. The molecule has 0 radical (unpaired) electrons. The lowest BCUT2D eigenvalue weighted by Crippen LogP contribution is -2.10. The SMILES string of the molecule is Cc1ccc(N(C)c2ccc(Oc3nc4cnccc4c(=O)[nH]3)cc2)cc1. The number of nitrogens with one attached hydrogen (secondary N) is 1. The van der Waals surface area contributed by atoms with Crippen LogP contribution in [0.4, 0.5) is 11.4 Å². The molecule has 1 N–H and O–H groups in total. The van der Waals surface area contributed by atoms with Gasteiger partial charge < -0.3 is 9.64 Å². The second-order valence-electron chi connectivity index (χ2n) is 6.25. The normalized spacial score (nSPS) is 10.7. The van der Waals surface area contributed by atoms with Gasteiger partial charge in [-0.05, 0) is 49.4 Å². The van der Waals surface area contributed by atoms with Gasteiger partial charge in [0.15, 0.2) is 0 Å². The molecule has 27 heavy (non-hydrogen) atoms. The van der Waals surface area contributed by atoms with Crippen molar-refractivity contribution in [3.63, 3.8) is 0 Å². The fourth-order valence-electron chi connectivity index (χ4n) is 2.78. The van der Waals surface area contributed by atoms with Gasteiger partial charge in [-0.1, -0.05) is 17.7 Å². The predicted octanol–water partition coefficient (Wildman–Crippen LogP) is 4.19. The molecule has 0 unspecified atom stereocenters. The summed E-state index contributed by atoms with van der Waals surface area (Å²) < 4.78 is 5.71. The van der Waals surface area contributed by atoms with E-state index in [0.717, 1.165) is 11.4 Å². The number of aromatic amines is 1. The van der Waals surface area contributed by atoms with Crippen molar-refractivity contribution in [2.75, 3.05) is 11.9 Å². The zero-order valence-corrected chi connectivity index (χ0v) is 15.0. The van der Waals surface area contributed by atoms with E-state index in [2.05, 4.69) is 51.0 Å². The third-order valence-electron chi connectivity index (χ3n) is 4.35. The van der Waals surface area contributed by atoms with Crippen molar-refractivity contribution in [2.24, 2.45) is 0 Å². The Morgan fingerprint density at radius 2 is 1.63 bits per heavy atom. The summed E-state index contributed by atoms with van der Waals surface area (Å²) in [6, 6.07) is 17.7. The Morgan fingerprint density at radius 3 is 2.33 bits per heavy atom. The molecule has 0 saturated carbocycles. The number of aryl methyl sites for hydroxylation is 1. The first-order valence-corrected chi connectivity index (χ1v) is 8.52. The lowest BCUT2D eigenvalue weighted by Gasteiger charge is -2.20. The highest BCUT2D eigenvalue weighted by molar-refractivity contribution is 5.76. The molecular formula is C21H18N4O2. The largest absolute Gasteiger partial charge is 0.426 e. The van der Waals surface area contributed by atoms with Crippen molar-refractivity contribution in [1.82, 2.24) is 15.0 Å². The van der Waals surface area contributed by atoms with E-state index in [1.165, 1.54) is 11.8 Å². The molecule has 0 aliphatic rings. The van der Waals surface area contributed by atoms with Crippen LogP contribution in [0.3, 0.4) is 0 Å². The molecule has 2 aromatic heterocycles. The van der Waals surface area contributed by atoms with E-state index in [1.54, 1.807) is 12.3 Å². The minimum Gasteiger partial charge on any atom is -0.426 e. The first-order valence-electron chi connectivity index (χ1n) is 8.52. The van der Waals surface area contributed by atoms with Gasteiger partial charge in [0.05, 0.1) is 17.1 Å². The molecule has 6 heteroatoms. The van der Waals surface area contributed by atoms with Crippen molar-refractivity contribution in [3.05, 3.63) is 82.9 Å². The van der Waals surface area contributed by atoms with Gasteiger partial charge in [-0.25, -0.2) is 0 Å². The van der Waals surface area contributed by atoms with E-state index in [-0.39, 0.29) is 11.6 Å². The molecule has 0 atom stereocenters. The first-order chi connectivity index (χ1) is 13.1. The summed E-state index contributed by atoms with van der Waals surface area (Å²) in [5, 5.41) is 0.479. The summed E-state index contributed by atoms with van der Waals surface area (Å²) in [6.45, 7) is 2.07. The number of hydrogen-bond acceptors (Lipinski definition) is 5. The summed E-state index contributed by atoms with van der Waals surface area (Å²) >= 11 is 0. The van der Waals surface area contributed by atoms with Crippen molar-refractivity contribution in [2.45, 2.75) is 6.92 Å². The molecule has 0 spiro atoms. The standard InChI is InChI=1S/C21H18N4O2/c1-14-3-5-15(6-4-14)25(2)16-7-9-17(10-8-16)27-21-23-19-13-22-12-11-18(19)20(26)24-21/h3-13H,1-2H3,(H,23,24,26). The number of rotatable bonds is 4. The second kappa shape index (κ2) is 6.92. The Kier molecular flexibility index (Phi) is 4.30. The first kappa shape index (κ1) is 16.8. The highest BCUT2D eigenvalue weighted by Gasteiger charge is 2.07. The second-order valence-corrected chi connectivity index (χ2v) is 6.25. The molecule has 6 nitrogen and oxygen atoms in total. The van der Waals surface area contributed by atoms with Gasteiger partial charge in [0.1, 0.15) is 5.75 Å². The van der Waals surface area contributed by atoms with Gasteiger partial charge in [0.25, 0.3) is 5.56 Å². The molecule has 0 bridgehead atoms. The van der Waals surface area contributed by atoms with Crippen LogP contribution in [-0.4, -0.2) is 22.0 Å². The number of aromatic nitrogens is 3. The van der Waals surface area contributed by atoms with E-state index >= 15 is 0 Å². The van der Waals surface area contributed by atoms with Crippen molar-refractivity contribution < 1.29 is 4.74 Å². The number of ether oxygens (including phenoxy) is 1. The number of hydrogen-bond donors (Lipinski definition) is 1. The molecule has 0 amide bonds. The molecular weight excluding hydrogens is 340 g/mol. The van der Waals surface area contributed by atoms with Crippen LogP contribution in [0.25, 0.3) is 10.9 Å². The summed E-state index contributed by atoms with van der Waals surface area (Å²) in [5.41, 5.74) is 3.58. The Hall–Kier alpha value is -3.67. The maximum Gasteiger partial charge on any atom is 0.302 e. The van der Waals surface area contributed by atoms with Crippen LogP contribution in [0, 0.1) is 6.92 Å². The average Bonchev–Trinajstić information content (AvgIpc) is 2.69. The maximum atomic E-state index is 12.1. The van der Waals surface area contributed by atoms with Crippen LogP contribution < -0.4 is 15.2 Å². The Bertz CT molecular complexity index is 1140. The predicted molar refractivity (Wildman–Crippen MR) is 106 cm³/mol. The van der Waals surface area contributed by atoms with Gasteiger partial charge >= 0.3 is 6.01 Å². The highest BCUT2D eigenvalue weighted by Crippen LogP contribution is 2.27. The quantitative estimate of drug-likeness (QED) is 0.592.